The molecule has 0 amide bonds. The summed E-state index contributed by atoms with van der Waals surface area (Å²) >= 11 is 0. The van der Waals surface area contributed by atoms with E-state index in [-0.39, 0.29) is 12.7 Å². The van der Waals surface area contributed by atoms with Crippen LogP contribution in [0.1, 0.15) is 44.6 Å². The minimum Gasteiger partial charge on any atom is -0.497 e. The van der Waals surface area contributed by atoms with E-state index < -0.39 is 0 Å². The number of ether oxygens (including phenoxy) is 2. The van der Waals surface area contributed by atoms with Crippen LogP contribution in [-0.4, -0.2) is 24.9 Å². The molecular weight excluding hydrogens is 264 g/mol. The smallest absolute Gasteiger partial charge is 0.120 e. The lowest BCUT2D eigenvalue weighted by molar-refractivity contribution is 0.0602. The molecule has 1 N–H and O–H groups in total. The predicted molar refractivity (Wildman–Crippen MR) is 85.2 cm³/mol. The Hall–Kier alpha value is -1.50. The fourth-order valence-electron chi connectivity index (χ4n) is 1.88. The van der Waals surface area contributed by atoms with Crippen molar-refractivity contribution < 1.29 is 14.6 Å². The monoisotopic (exact) mass is 290 g/mol. The summed E-state index contributed by atoms with van der Waals surface area (Å²) in [5.74, 6) is 7.10. The van der Waals surface area contributed by atoms with Crippen molar-refractivity contribution >= 4 is 0 Å². The number of methoxy groups -OCH3 is 1. The Morgan fingerprint density at radius 3 is 2.57 bits per heavy atom. The van der Waals surface area contributed by atoms with Crippen LogP contribution < -0.4 is 4.74 Å². The number of hydrogen-bond donors (Lipinski definition) is 1. The van der Waals surface area contributed by atoms with E-state index in [1.165, 1.54) is 12.8 Å². The van der Waals surface area contributed by atoms with Gasteiger partial charge in [-0.3, -0.25) is 0 Å². The van der Waals surface area contributed by atoms with Crippen LogP contribution in [0.4, 0.5) is 0 Å². The van der Waals surface area contributed by atoms with Crippen LogP contribution >= 0.6 is 0 Å². The normalized spacial score (nSPS) is 11.6. The first-order valence-corrected chi connectivity index (χ1v) is 7.64. The maximum absolute atomic E-state index is 9.08. The van der Waals surface area contributed by atoms with Gasteiger partial charge >= 0.3 is 0 Å². The molecule has 0 aliphatic carbocycles. The lowest BCUT2D eigenvalue weighted by Gasteiger charge is -2.11. The van der Waals surface area contributed by atoms with Gasteiger partial charge in [0.05, 0.1) is 13.7 Å². The average molecular weight is 290 g/mol. The highest BCUT2D eigenvalue weighted by Gasteiger charge is 2.05. The fraction of sp³-hybridized carbons (Fsp3) is 0.556. The largest absolute Gasteiger partial charge is 0.497 e. The van der Waals surface area contributed by atoms with Crippen molar-refractivity contribution in [3.05, 3.63) is 29.8 Å². The highest BCUT2D eigenvalue weighted by atomic mass is 16.5. The third-order valence-electron chi connectivity index (χ3n) is 3.17. The van der Waals surface area contributed by atoms with Gasteiger partial charge in [-0.15, -0.1) is 5.92 Å². The Labute approximate surface area is 128 Å². The molecule has 0 aliphatic rings. The van der Waals surface area contributed by atoms with Crippen LogP contribution in [-0.2, 0) is 11.3 Å². The molecule has 0 radical (unpaired) electrons. The molecular formula is C18H26O3. The third kappa shape index (κ3) is 7.75. The molecule has 21 heavy (non-hydrogen) atoms. The standard InChI is InChI=1S/C18H26O3/c1-3-4-5-6-7-8-18(13-14-19)21-15-16-9-11-17(20-2)12-10-16/h9-12,18-19H,3-6,13-15H2,1-2H3/t18-/m0/s1. The van der Waals surface area contributed by atoms with Crippen molar-refractivity contribution in [2.45, 2.75) is 51.7 Å². The zero-order valence-corrected chi connectivity index (χ0v) is 13.1. The van der Waals surface area contributed by atoms with E-state index in [2.05, 4.69) is 18.8 Å². The molecule has 1 rings (SSSR count). The summed E-state index contributed by atoms with van der Waals surface area (Å²) in [5.41, 5.74) is 1.08. The van der Waals surface area contributed by atoms with E-state index in [0.717, 1.165) is 24.2 Å². The highest BCUT2D eigenvalue weighted by molar-refractivity contribution is 5.26. The second-order valence-corrected chi connectivity index (χ2v) is 4.94. The number of rotatable bonds is 9. The molecule has 0 fully saturated rings. The number of unbranched alkanes of at least 4 members (excludes halogenated alkanes) is 3. The van der Waals surface area contributed by atoms with E-state index in [1.54, 1.807) is 7.11 Å². The summed E-state index contributed by atoms with van der Waals surface area (Å²) < 4.78 is 10.9. The molecule has 1 atom stereocenters. The van der Waals surface area contributed by atoms with Gasteiger partial charge in [0.15, 0.2) is 0 Å². The van der Waals surface area contributed by atoms with E-state index in [1.807, 2.05) is 24.3 Å². The fourth-order valence-corrected chi connectivity index (χ4v) is 1.88. The van der Waals surface area contributed by atoms with Gasteiger partial charge in [0, 0.05) is 19.4 Å². The van der Waals surface area contributed by atoms with Gasteiger partial charge in [-0.2, -0.15) is 0 Å². The lowest BCUT2D eigenvalue weighted by atomic mass is 10.2. The maximum Gasteiger partial charge on any atom is 0.120 e. The maximum atomic E-state index is 9.08. The van der Waals surface area contributed by atoms with Crippen LogP contribution in [0.15, 0.2) is 24.3 Å². The number of aliphatic hydroxyl groups is 1. The van der Waals surface area contributed by atoms with Crippen LogP contribution in [0.25, 0.3) is 0 Å². The molecule has 3 nitrogen and oxygen atoms in total. The van der Waals surface area contributed by atoms with Crippen molar-refractivity contribution in [3.8, 4) is 17.6 Å². The second kappa shape index (κ2) is 11.2. The van der Waals surface area contributed by atoms with Crippen molar-refractivity contribution in [2.24, 2.45) is 0 Å². The first-order chi connectivity index (χ1) is 10.3. The SMILES string of the molecule is CCCCCC#C[C@@H](CCO)OCc1ccc(OC)cc1. The first kappa shape index (κ1) is 17.6. The summed E-state index contributed by atoms with van der Waals surface area (Å²) in [5, 5.41) is 9.08. The Bertz CT molecular complexity index is 428. The molecule has 0 saturated carbocycles. The Morgan fingerprint density at radius 2 is 1.95 bits per heavy atom. The average Bonchev–Trinajstić information content (AvgIpc) is 2.52. The minimum absolute atomic E-state index is 0.0942. The quantitative estimate of drug-likeness (QED) is 0.558. The summed E-state index contributed by atoms with van der Waals surface area (Å²) in [6.45, 7) is 2.77. The third-order valence-corrected chi connectivity index (χ3v) is 3.17. The molecule has 1 aromatic carbocycles. The van der Waals surface area contributed by atoms with Gasteiger partial charge < -0.3 is 14.6 Å². The first-order valence-electron chi connectivity index (χ1n) is 7.64. The molecule has 0 aromatic heterocycles. The van der Waals surface area contributed by atoms with Crippen molar-refractivity contribution in [1.29, 1.82) is 0 Å². The minimum atomic E-state index is -0.196. The van der Waals surface area contributed by atoms with Crippen LogP contribution in [0.3, 0.4) is 0 Å². The van der Waals surface area contributed by atoms with E-state index in [4.69, 9.17) is 14.6 Å². The zero-order valence-electron chi connectivity index (χ0n) is 13.1. The molecule has 116 valence electrons. The van der Waals surface area contributed by atoms with Crippen molar-refractivity contribution in [3.63, 3.8) is 0 Å². The highest BCUT2D eigenvalue weighted by Crippen LogP contribution is 2.13. The van der Waals surface area contributed by atoms with Gasteiger partial charge in [-0.25, -0.2) is 0 Å². The van der Waals surface area contributed by atoms with Gasteiger partial charge in [-0.05, 0) is 24.1 Å². The Morgan fingerprint density at radius 1 is 1.19 bits per heavy atom. The zero-order chi connectivity index (χ0) is 15.3. The van der Waals surface area contributed by atoms with Crippen molar-refractivity contribution in [1.82, 2.24) is 0 Å². The second-order valence-electron chi connectivity index (χ2n) is 4.94. The van der Waals surface area contributed by atoms with E-state index in [9.17, 15) is 0 Å². The van der Waals surface area contributed by atoms with Crippen LogP contribution in [0.2, 0.25) is 0 Å². The van der Waals surface area contributed by atoms with Crippen molar-refractivity contribution in [2.75, 3.05) is 13.7 Å². The lowest BCUT2D eigenvalue weighted by Crippen LogP contribution is -2.12. The molecule has 0 heterocycles. The van der Waals surface area contributed by atoms with Gasteiger partial charge in [-0.1, -0.05) is 37.8 Å². The molecule has 0 unspecified atom stereocenters. The van der Waals surface area contributed by atoms with Gasteiger partial charge in [0.2, 0.25) is 0 Å². The van der Waals surface area contributed by atoms with E-state index >= 15 is 0 Å². The van der Waals surface area contributed by atoms with Crippen LogP contribution in [0, 0.1) is 11.8 Å². The van der Waals surface area contributed by atoms with E-state index in [0.29, 0.717) is 13.0 Å². The van der Waals surface area contributed by atoms with Gasteiger partial charge in [0.1, 0.15) is 11.9 Å². The number of hydrogen-bond acceptors (Lipinski definition) is 3. The molecule has 0 bridgehead atoms. The molecule has 0 saturated heterocycles. The Kier molecular flexibility index (Phi) is 9.35. The van der Waals surface area contributed by atoms with Gasteiger partial charge in [0.25, 0.3) is 0 Å². The number of benzene rings is 1. The van der Waals surface area contributed by atoms with Crippen LogP contribution in [0.5, 0.6) is 5.75 Å². The molecule has 3 heteroatoms. The predicted octanol–water partition coefficient (Wildman–Crippen LogP) is 3.55. The Balaban J connectivity index is 2.41. The summed E-state index contributed by atoms with van der Waals surface area (Å²) in [7, 11) is 1.65. The summed E-state index contributed by atoms with van der Waals surface area (Å²) in [4.78, 5) is 0. The topological polar surface area (TPSA) is 38.7 Å². The molecule has 0 aliphatic heterocycles. The molecule has 0 spiro atoms. The summed E-state index contributed by atoms with van der Waals surface area (Å²) in [6, 6.07) is 7.78. The number of aliphatic hydroxyl groups excluding tert-OH is 1. The molecule has 1 aromatic rings. The summed E-state index contributed by atoms with van der Waals surface area (Å²) in [6.07, 6.45) is 4.81.